The van der Waals surface area contributed by atoms with Crippen molar-refractivity contribution in [2.24, 2.45) is 5.10 Å². The molecule has 1 amide bonds. The number of aryl methyl sites for hydroxylation is 2. The van der Waals surface area contributed by atoms with Gasteiger partial charge in [0.25, 0.3) is 5.91 Å². The highest BCUT2D eigenvalue weighted by Gasteiger charge is 2.28. The number of ether oxygens (including phenoxy) is 1. The Morgan fingerprint density at radius 2 is 1.67 bits per heavy atom. The van der Waals surface area contributed by atoms with Crippen molar-refractivity contribution < 1.29 is 14.3 Å². The van der Waals surface area contributed by atoms with E-state index in [1.807, 2.05) is 62.4 Å². The number of hydrazone groups is 1. The molecule has 0 unspecified atom stereocenters. The second-order valence-corrected chi connectivity index (χ2v) is 6.65. The van der Waals surface area contributed by atoms with E-state index >= 15 is 0 Å². The van der Waals surface area contributed by atoms with Gasteiger partial charge in [-0.05, 0) is 42.5 Å². The summed E-state index contributed by atoms with van der Waals surface area (Å²) >= 11 is 0. The number of hydrogen-bond donors (Lipinski definition) is 1. The molecule has 3 aromatic rings. The van der Waals surface area contributed by atoms with Gasteiger partial charge in [0.15, 0.2) is 6.61 Å². The van der Waals surface area contributed by atoms with Crippen LogP contribution in [0.5, 0.6) is 5.75 Å². The van der Waals surface area contributed by atoms with Crippen LogP contribution >= 0.6 is 0 Å². The molecule has 27 heavy (non-hydrogen) atoms. The fourth-order valence-electron chi connectivity index (χ4n) is 3.40. The number of carbonyl (C=O) groups is 2. The zero-order valence-electron chi connectivity index (χ0n) is 15.1. The van der Waals surface area contributed by atoms with E-state index in [0.717, 1.165) is 27.5 Å². The zero-order chi connectivity index (χ0) is 19.0. The highest BCUT2D eigenvalue weighted by Crippen LogP contribution is 2.30. The molecule has 0 heterocycles. The predicted molar refractivity (Wildman–Crippen MR) is 104 cm³/mol. The number of carbonyl (C=O) groups excluding carboxylic acids is 2. The number of ketones is 1. The first-order valence-electron chi connectivity index (χ1n) is 8.67. The third-order valence-electron chi connectivity index (χ3n) is 4.48. The number of Topliss-reactive ketones (excluding diaryl/α,β-unsaturated/α-hetero) is 1. The minimum Gasteiger partial charge on any atom is -0.484 e. The average molecular weight is 358 g/mol. The summed E-state index contributed by atoms with van der Waals surface area (Å²) in [5.74, 6) is 0.0272. The lowest BCUT2D eigenvalue weighted by Crippen LogP contribution is -2.27. The fourth-order valence-corrected chi connectivity index (χ4v) is 3.40. The van der Waals surface area contributed by atoms with Gasteiger partial charge in [0.05, 0.1) is 0 Å². The van der Waals surface area contributed by atoms with Crippen LogP contribution in [-0.2, 0) is 4.79 Å². The maximum atomic E-state index is 12.6. The third kappa shape index (κ3) is 3.19. The number of hydrogen-bond acceptors (Lipinski definition) is 4. The normalized spacial score (nSPS) is 14.0. The van der Waals surface area contributed by atoms with Gasteiger partial charge in [0, 0.05) is 16.5 Å². The molecule has 0 saturated heterocycles. The maximum absolute atomic E-state index is 12.6. The van der Waals surface area contributed by atoms with Gasteiger partial charge in [-0.25, -0.2) is 5.43 Å². The van der Waals surface area contributed by atoms with Crippen LogP contribution in [0.1, 0.15) is 27.0 Å². The van der Waals surface area contributed by atoms with Crippen molar-refractivity contribution in [3.8, 4) is 5.75 Å². The average Bonchev–Trinajstić information content (AvgIpc) is 2.92. The highest BCUT2D eigenvalue weighted by atomic mass is 16.5. The highest BCUT2D eigenvalue weighted by molar-refractivity contribution is 6.59. The number of nitrogens with zero attached hydrogens (tertiary/aromatic N) is 1. The molecule has 0 bridgehead atoms. The minimum absolute atomic E-state index is 0.176. The third-order valence-corrected chi connectivity index (χ3v) is 4.48. The van der Waals surface area contributed by atoms with Crippen LogP contribution in [0, 0.1) is 13.8 Å². The molecular weight excluding hydrogens is 340 g/mol. The molecule has 5 heteroatoms. The lowest BCUT2D eigenvalue weighted by molar-refractivity contribution is -0.123. The summed E-state index contributed by atoms with van der Waals surface area (Å²) < 4.78 is 5.52. The number of rotatable bonds is 4. The Hall–Kier alpha value is -3.47. The molecule has 0 radical (unpaired) electrons. The van der Waals surface area contributed by atoms with Crippen LogP contribution in [0.4, 0.5) is 0 Å². The first-order valence-corrected chi connectivity index (χ1v) is 8.67. The van der Waals surface area contributed by atoms with Crippen molar-refractivity contribution in [1.29, 1.82) is 0 Å². The molecule has 0 fully saturated rings. The van der Waals surface area contributed by atoms with E-state index in [2.05, 4.69) is 10.5 Å². The van der Waals surface area contributed by atoms with E-state index in [1.165, 1.54) is 0 Å². The Balaban J connectivity index is 1.49. The first-order chi connectivity index (χ1) is 13.0. The second-order valence-electron chi connectivity index (χ2n) is 6.65. The van der Waals surface area contributed by atoms with E-state index < -0.39 is 5.91 Å². The molecule has 5 nitrogen and oxygen atoms in total. The van der Waals surface area contributed by atoms with Crippen molar-refractivity contribution in [2.75, 3.05) is 6.61 Å². The van der Waals surface area contributed by atoms with Crippen molar-refractivity contribution in [2.45, 2.75) is 13.8 Å². The Morgan fingerprint density at radius 1 is 1.00 bits per heavy atom. The van der Waals surface area contributed by atoms with E-state index in [4.69, 9.17) is 4.74 Å². The molecular formula is C22H18N2O3. The lowest BCUT2D eigenvalue weighted by atomic mass is 10.1. The molecule has 1 aliphatic rings. The summed E-state index contributed by atoms with van der Waals surface area (Å²) in [5, 5.41) is 5.94. The molecule has 1 N–H and O–H groups in total. The van der Waals surface area contributed by atoms with Gasteiger partial charge in [0.2, 0.25) is 5.78 Å². The number of nitrogens with one attached hydrogen (secondary N) is 1. The summed E-state index contributed by atoms with van der Waals surface area (Å²) in [7, 11) is 0. The van der Waals surface area contributed by atoms with Crippen LogP contribution in [0.25, 0.3) is 10.8 Å². The largest absolute Gasteiger partial charge is 0.484 e. The molecule has 0 aromatic heterocycles. The second kappa shape index (κ2) is 6.68. The molecule has 0 atom stereocenters. The molecule has 0 saturated carbocycles. The predicted octanol–water partition coefficient (Wildman–Crippen LogP) is 3.55. The fraction of sp³-hybridized carbons (Fsp3) is 0.136. The molecule has 4 rings (SSSR count). The van der Waals surface area contributed by atoms with E-state index in [0.29, 0.717) is 11.3 Å². The Kier molecular flexibility index (Phi) is 4.20. The van der Waals surface area contributed by atoms with Gasteiger partial charge < -0.3 is 4.74 Å². The van der Waals surface area contributed by atoms with Crippen LogP contribution < -0.4 is 10.2 Å². The van der Waals surface area contributed by atoms with Gasteiger partial charge in [-0.15, -0.1) is 0 Å². The first kappa shape index (κ1) is 17.0. The lowest BCUT2D eigenvalue weighted by Gasteiger charge is -2.07. The smallest absolute Gasteiger partial charge is 0.277 e. The topological polar surface area (TPSA) is 67.8 Å². The maximum Gasteiger partial charge on any atom is 0.277 e. The monoisotopic (exact) mass is 358 g/mol. The van der Waals surface area contributed by atoms with Gasteiger partial charge in [-0.2, -0.15) is 5.10 Å². The summed E-state index contributed by atoms with van der Waals surface area (Å²) in [6.45, 7) is 3.76. The molecule has 3 aromatic carbocycles. The van der Waals surface area contributed by atoms with E-state index in [1.54, 1.807) is 6.07 Å². The van der Waals surface area contributed by atoms with Crippen LogP contribution in [0.3, 0.4) is 0 Å². The Labute approximate surface area is 156 Å². The van der Waals surface area contributed by atoms with Gasteiger partial charge in [-0.3, -0.25) is 9.59 Å². The van der Waals surface area contributed by atoms with Crippen molar-refractivity contribution in [3.63, 3.8) is 0 Å². The van der Waals surface area contributed by atoms with Gasteiger partial charge in [0.1, 0.15) is 11.5 Å². The van der Waals surface area contributed by atoms with E-state index in [9.17, 15) is 9.59 Å². The molecule has 1 aliphatic carbocycles. The summed E-state index contributed by atoms with van der Waals surface area (Å²) in [5.41, 5.74) is 6.17. The summed E-state index contributed by atoms with van der Waals surface area (Å²) in [4.78, 5) is 24.7. The van der Waals surface area contributed by atoms with Crippen molar-refractivity contribution >= 4 is 28.2 Å². The standard InChI is InChI=1S/C22H18N2O3/c1-13-9-14(2)11-16(10-13)27-12-19(25)23-24-21-17-7-3-5-15-6-4-8-18(20(15)17)22(21)26/h3-11H,12H2,1-2H3,(H,23,25)/b24-21-. The minimum atomic E-state index is -0.419. The van der Waals surface area contributed by atoms with Crippen LogP contribution in [-0.4, -0.2) is 24.0 Å². The number of benzene rings is 3. The summed E-state index contributed by atoms with van der Waals surface area (Å²) in [6, 6.07) is 17.0. The quantitative estimate of drug-likeness (QED) is 0.725. The van der Waals surface area contributed by atoms with Crippen LogP contribution in [0.15, 0.2) is 59.7 Å². The number of amides is 1. The molecule has 134 valence electrons. The molecule has 0 spiro atoms. The molecule has 0 aliphatic heterocycles. The van der Waals surface area contributed by atoms with Crippen LogP contribution in [0.2, 0.25) is 0 Å². The van der Waals surface area contributed by atoms with E-state index in [-0.39, 0.29) is 18.1 Å². The van der Waals surface area contributed by atoms with Gasteiger partial charge in [-0.1, -0.05) is 42.5 Å². The Bertz CT molecular complexity index is 1090. The van der Waals surface area contributed by atoms with Crippen molar-refractivity contribution in [1.82, 2.24) is 5.43 Å². The van der Waals surface area contributed by atoms with Crippen molar-refractivity contribution in [3.05, 3.63) is 76.9 Å². The Morgan fingerprint density at radius 3 is 2.37 bits per heavy atom. The SMILES string of the molecule is Cc1cc(C)cc(OCC(=O)N/N=C2\C(=O)c3cccc4cccc2c34)c1. The summed E-state index contributed by atoms with van der Waals surface area (Å²) in [6.07, 6.45) is 0. The van der Waals surface area contributed by atoms with Gasteiger partial charge >= 0.3 is 0 Å². The zero-order valence-corrected chi connectivity index (χ0v) is 15.1.